The van der Waals surface area contributed by atoms with Gasteiger partial charge in [0.25, 0.3) is 0 Å². The summed E-state index contributed by atoms with van der Waals surface area (Å²) in [5.41, 5.74) is 0. The lowest BCUT2D eigenvalue weighted by molar-refractivity contribution is -0.167. The van der Waals surface area contributed by atoms with Gasteiger partial charge >= 0.3 is 17.9 Å². The Labute approximate surface area is 509 Å². The first-order valence-electron chi connectivity index (χ1n) is 35.6. The second kappa shape index (κ2) is 70.1. The van der Waals surface area contributed by atoms with Gasteiger partial charge in [0.05, 0.1) is 0 Å². The Morgan fingerprint density at radius 1 is 0.256 bits per heavy atom. The Bertz CT molecular complexity index is 1550. The van der Waals surface area contributed by atoms with Gasteiger partial charge in [0.1, 0.15) is 13.2 Å². The molecule has 1 unspecified atom stereocenters. The first-order chi connectivity index (χ1) is 40.5. The Balaban J connectivity index is 4.25. The fraction of sp³-hybridized carbons (Fsp3) is 0.776. The van der Waals surface area contributed by atoms with Crippen LogP contribution < -0.4 is 0 Å². The molecule has 0 amide bonds. The number of ether oxygens (including phenoxy) is 3. The summed E-state index contributed by atoms with van der Waals surface area (Å²) in [6, 6.07) is 0. The average molecular weight is 1140 g/mol. The molecule has 0 aromatic rings. The highest BCUT2D eigenvalue weighted by Crippen LogP contribution is 2.18. The highest BCUT2D eigenvalue weighted by molar-refractivity contribution is 5.71. The highest BCUT2D eigenvalue weighted by atomic mass is 16.6. The summed E-state index contributed by atoms with van der Waals surface area (Å²) in [7, 11) is 0. The zero-order valence-electron chi connectivity index (χ0n) is 54.5. The minimum absolute atomic E-state index is 0.0736. The standard InChI is InChI=1S/C76H134O6/c1-4-7-10-13-16-19-22-25-27-29-31-33-35-37-38-40-41-43-45-47-49-51-54-57-60-63-66-69-75(78)81-72-73(71-80-74(77)68-65-62-59-56-53-24-21-18-15-12-9-6-3)82-76(79)70-67-64-61-58-55-52-50-48-46-44-42-39-36-34-32-30-28-26-23-20-17-14-11-8-5-2/h7,10,16,19,23,25-27,30-33,36,39,73H,4-6,8-9,11-15,17-18,20-22,24,28-29,34-35,37-38,40-72H2,1-3H3/b10-7-,19-16-,26-23-,27-25-,32-30-,33-31-,39-36-. The third kappa shape index (κ3) is 67.4. The highest BCUT2D eigenvalue weighted by Gasteiger charge is 2.19. The first kappa shape index (κ1) is 78.6. The molecule has 0 saturated heterocycles. The van der Waals surface area contributed by atoms with E-state index in [-0.39, 0.29) is 31.1 Å². The smallest absolute Gasteiger partial charge is 0.306 e. The van der Waals surface area contributed by atoms with Gasteiger partial charge in [-0.25, -0.2) is 0 Å². The maximum Gasteiger partial charge on any atom is 0.306 e. The van der Waals surface area contributed by atoms with Crippen LogP contribution in [-0.4, -0.2) is 37.2 Å². The van der Waals surface area contributed by atoms with E-state index in [1.54, 1.807) is 0 Å². The van der Waals surface area contributed by atoms with Crippen molar-refractivity contribution >= 4 is 17.9 Å². The van der Waals surface area contributed by atoms with Crippen molar-refractivity contribution in [2.24, 2.45) is 0 Å². The molecular weight excluding hydrogens is 1010 g/mol. The van der Waals surface area contributed by atoms with Gasteiger partial charge in [0.2, 0.25) is 0 Å². The van der Waals surface area contributed by atoms with E-state index in [2.05, 4.69) is 106 Å². The molecule has 6 nitrogen and oxygen atoms in total. The third-order valence-corrected chi connectivity index (χ3v) is 15.6. The van der Waals surface area contributed by atoms with Crippen molar-refractivity contribution in [2.75, 3.05) is 13.2 Å². The molecule has 0 rings (SSSR count). The summed E-state index contributed by atoms with van der Waals surface area (Å²) < 4.78 is 17.0. The number of carbonyl (C=O) groups is 3. The minimum Gasteiger partial charge on any atom is -0.462 e. The zero-order chi connectivity index (χ0) is 59.2. The predicted octanol–water partition coefficient (Wildman–Crippen LogP) is 24.6. The third-order valence-electron chi connectivity index (χ3n) is 15.6. The van der Waals surface area contributed by atoms with Crippen LogP contribution in [0.2, 0.25) is 0 Å². The van der Waals surface area contributed by atoms with Crippen LogP contribution in [0.25, 0.3) is 0 Å². The summed E-state index contributed by atoms with van der Waals surface area (Å²) >= 11 is 0. The van der Waals surface area contributed by atoms with Crippen LogP contribution in [0.1, 0.15) is 361 Å². The van der Waals surface area contributed by atoms with Crippen molar-refractivity contribution in [1.82, 2.24) is 0 Å². The van der Waals surface area contributed by atoms with Gasteiger partial charge in [-0.15, -0.1) is 0 Å². The zero-order valence-corrected chi connectivity index (χ0v) is 54.5. The minimum atomic E-state index is -0.778. The van der Waals surface area contributed by atoms with Gasteiger partial charge < -0.3 is 14.2 Å². The lowest BCUT2D eigenvalue weighted by atomic mass is 10.0. The van der Waals surface area contributed by atoms with Crippen LogP contribution in [0.4, 0.5) is 0 Å². The Morgan fingerprint density at radius 2 is 0.476 bits per heavy atom. The van der Waals surface area contributed by atoms with Crippen LogP contribution in [0.15, 0.2) is 85.1 Å². The molecule has 6 heteroatoms. The van der Waals surface area contributed by atoms with E-state index in [1.165, 1.54) is 225 Å². The normalized spacial score (nSPS) is 12.6. The van der Waals surface area contributed by atoms with E-state index in [1.807, 2.05) is 0 Å². The molecule has 0 N–H and O–H groups in total. The maximum absolute atomic E-state index is 13.0. The summed E-state index contributed by atoms with van der Waals surface area (Å²) in [5, 5.41) is 0. The van der Waals surface area contributed by atoms with Gasteiger partial charge in [-0.1, -0.05) is 331 Å². The molecule has 0 aliphatic rings. The number of hydrogen-bond donors (Lipinski definition) is 0. The van der Waals surface area contributed by atoms with Crippen molar-refractivity contribution in [3.05, 3.63) is 85.1 Å². The second-order valence-electron chi connectivity index (χ2n) is 23.8. The number of esters is 3. The van der Waals surface area contributed by atoms with Crippen molar-refractivity contribution in [3.8, 4) is 0 Å². The van der Waals surface area contributed by atoms with Crippen LogP contribution in [0.5, 0.6) is 0 Å². The lowest BCUT2D eigenvalue weighted by Crippen LogP contribution is -2.30. The lowest BCUT2D eigenvalue weighted by Gasteiger charge is -2.18. The van der Waals surface area contributed by atoms with Gasteiger partial charge in [-0.05, 0) is 96.3 Å². The quantitative estimate of drug-likeness (QED) is 0.0261. The number of allylic oxidation sites excluding steroid dienone is 14. The van der Waals surface area contributed by atoms with Crippen molar-refractivity contribution in [3.63, 3.8) is 0 Å². The molecule has 0 bridgehead atoms. The van der Waals surface area contributed by atoms with E-state index in [0.717, 1.165) is 96.3 Å². The summed E-state index contributed by atoms with van der Waals surface area (Å²) in [6.45, 7) is 6.56. The van der Waals surface area contributed by atoms with Crippen LogP contribution in [-0.2, 0) is 28.6 Å². The summed E-state index contributed by atoms with van der Waals surface area (Å²) in [6.07, 6.45) is 93.2. The SMILES string of the molecule is CC/C=C\C/C=C\C/C=C\C/C=C\CCCCCCCCCCCCCCCCC(=O)OCC(COC(=O)CCCCCCCCCCCCCC)OC(=O)CCCCCCCCCCCC/C=C\C/C=C\C/C=C\CCCCCCC. The monoisotopic (exact) mass is 1140 g/mol. The van der Waals surface area contributed by atoms with Crippen molar-refractivity contribution in [1.29, 1.82) is 0 Å². The van der Waals surface area contributed by atoms with E-state index in [0.29, 0.717) is 19.3 Å². The fourth-order valence-corrected chi connectivity index (χ4v) is 10.3. The molecule has 0 aromatic heterocycles. The molecule has 474 valence electrons. The van der Waals surface area contributed by atoms with Gasteiger partial charge in [-0.2, -0.15) is 0 Å². The molecule has 0 fully saturated rings. The van der Waals surface area contributed by atoms with E-state index in [4.69, 9.17) is 14.2 Å². The molecule has 0 aliphatic carbocycles. The molecule has 0 saturated carbocycles. The molecule has 0 aromatic carbocycles. The van der Waals surface area contributed by atoms with Crippen molar-refractivity contribution < 1.29 is 28.6 Å². The number of unbranched alkanes of at least 4 members (excludes halogenated alkanes) is 40. The number of hydrogen-bond acceptors (Lipinski definition) is 6. The van der Waals surface area contributed by atoms with Gasteiger partial charge in [0.15, 0.2) is 6.10 Å². The Morgan fingerprint density at radius 3 is 0.744 bits per heavy atom. The first-order valence-corrected chi connectivity index (χ1v) is 35.6. The van der Waals surface area contributed by atoms with E-state index < -0.39 is 6.10 Å². The molecule has 0 heterocycles. The van der Waals surface area contributed by atoms with Gasteiger partial charge in [-0.3, -0.25) is 14.4 Å². The average Bonchev–Trinajstić information content (AvgIpc) is 3.47. The maximum atomic E-state index is 13.0. The topological polar surface area (TPSA) is 78.9 Å². The van der Waals surface area contributed by atoms with Gasteiger partial charge in [0, 0.05) is 19.3 Å². The molecule has 0 aliphatic heterocycles. The molecule has 1 atom stereocenters. The van der Waals surface area contributed by atoms with Crippen LogP contribution >= 0.6 is 0 Å². The molecule has 0 radical (unpaired) electrons. The molecule has 0 spiro atoms. The Hall–Kier alpha value is -3.41. The number of carbonyl (C=O) groups excluding carboxylic acids is 3. The molecular formula is C76H134O6. The summed E-state index contributed by atoms with van der Waals surface area (Å²) in [5.74, 6) is -0.859. The second-order valence-corrected chi connectivity index (χ2v) is 23.8. The number of rotatable bonds is 65. The van der Waals surface area contributed by atoms with E-state index >= 15 is 0 Å². The fourth-order valence-electron chi connectivity index (χ4n) is 10.3. The van der Waals surface area contributed by atoms with Crippen LogP contribution in [0, 0.1) is 0 Å². The predicted molar refractivity (Wildman–Crippen MR) is 358 cm³/mol. The Kier molecular flexibility index (Phi) is 67.2. The van der Waals surface area contributed by atoms with E-state index in [9.17, 15) is 14.4 Å². The molecule has 82 heavy (non-hydrogen) atoms. The van der Waals surface area contributed by atoms with Crippen LogP contribution in [0.3, 0.4) is 0 Å². The largest absolute Gasteiger partial charge is 0.462 e. The van der Waals surface area contributed by atoms with Crippen molar-refractivity contribution in [2.45, 2.75) is 367 Å². The summed E-state index contributed by atoms with van der Waals surface area (Å²) in [4.78, 5) is 38.4.